The van der Waals surface area contributed by atoms with E-state index >= 15 is 0 Å². The molecule has 1 aromatic rings. The molecule has 5 heteroatoms. The van der Waals surface area contributed by atoms with E-state index in [2.05, 4.69) is 10.2 Å². The Hall–Kier alpha value is -1.88. The van der Waals surface area contributed by atoms with E-state index in [1.807, 2.05) is 18.2 Å². The zero-order chi connectivity index (χ0) is 17.4. The molecule has 2 fully saturated rings. The summed E-state index contributed by atoms with van der Waals surface area (Å²) >= 11 is 0. The Morgan fingerprint density at radius 1 is 1.24 bits per heavy atom. The van der Waals surface area contributed by atoms with E-state index in [0.29, 0.717) is 12.0 Å². The minimum Gasteiger partial charge on any atom is -0.445 e. The lowest BCUT2D eigenvalue weighted by Gasteiger charge is -2.37. The van der Waals surface area contributed by atoms with E-state index < -0.39 is 11.6 Å². The first-order chi connectivity index (χ1) is 12.0. The number of benzene rings is 1. The van der Waals surface area contributed by atoms with Gasteiger partial charge in [0.1, 0.15) is 0 Å². The average Bonchev–Trinajstić information content (AvgIpc) is 3.40. The van der Waals surface area contributed by atoms with E-state index in [0.717, 1.165) is 37.4 Å². The molecule has 1 saturated heterocycles. The molecular weight excluding hydrogens is 316 g/mol. The minimum absolute atomic E-state index is 0.170. The zero-order valence-electron chi connectivity index (χ0n) is 14.8. The first-order valence-corrected chi connectivity index (χ1v) is 9.38. The second-order valence-electron chi connectivity index (χ2n) is 7.95. The van der Waals surface area contributed by atoms with Gasteiger partial charge in [0.25, 0.3) is 5.91 Å². The van der Waals surface area contributed by atoms with Crippen molar-refractivity contribution in [2.24, 2.45) is 5.92 Å². The number of amides is 1. The van der Waals surface area contributed by atoms with E-state index in [1.165, 1.54) is 19.4 Å². The molecule has 1 atom stereocenters. The van der Waals surface area contributed by atoms with E-state index in [-0.39, 0.29) is 11.9 Å². The van der Waals surface area contributed by atoms with Gasteiger partial charge >= 0.3 is 5.97 Å². The van der Waals surface area contributed by atoms with Gasteiger partial charge in [0.15, 0.2) is 5.60 Å². The van der Waals surface area contributed by atoms with Gasteiger partial charge in [-0.3, -0.25) is 4.79 Å². The Balaban J connectivity index is 1.35. The van der Waals surface area contributed by atoms with Crippen LogP contribution in [-0.2, 0) is 16.0 Å². The molecule has 0 radical (unpaired) electrons. The lowest BCUT2D eigenvalue weighted by atomic mass is 9.89. The predicted octanol–water partition coefficient (Wildman–Crippen LogP) is 2.15. The minimum atomic E-state index is -1.11. The summed E-state index contributed by atoms with van der Waals surface area (Å²) < 4.78 is 5.52. The molecule has 1 N–H and O–H groups in total. The SMILES string of the molecule is CC1(C(=O)NC2CCN(CC3CC3)CC2)Cc2ccccc2C(=O)O1. The third kappa shape index (κ3) is 3.56. The van der Waals surface area contributed by atoms with Crippen molar-refractivity contribution in [1.82, 2.24) is 10.2 Å². The number of rotatable bonds is 4. The Morgan fingerprint density at radius 3 is 2.68 bits per heavy atom. The lowest BCUT2D eigenvalue weighted by Crippen LogP contribution is -2.55. The highest BCUT2D eigenvalue weighted by molar-refractivity contribution is 5.97. The molecule has 1 unspecified atom stereocenters. The number of hydrogen-bond donors (Lipinski definition) is 1. The number of carbonyl (C=O) groups excluding carboxylic acids is 2. The van der Waals surface area contributed by atoms with Crippen molar-refractivity contribution in [2.45, 2.75) is 50.7 Å². The second-order valence-corrected chi connectivity index (χ2v) is 7.95. The number of nitrogens with one attached hydrogen (secondary N) is 1. The molecule has 1 aliphatic carbocycles. The number of likely N-dealkylation sites (tertiary alicyclic amines) is 1. The fourth-order valence-corrected chi connectivity index (χ4v) is 3.92. The van der Waals surface area contributed by atoms with Gasteiger partial charge in [-0.1, -0.05) is 18.2 Å². The molecule has 4 rings (SSSR count). The van der Waals surface area contributed by atoms with Gasteiger partial charge in [-0.25, -0.2) is 4.79 Å². The maximum Gasteiger partial charge on any atom is 0.339 e. The van der Waals surface area contributed by atoms with Gasteiger partial charge in [-0.2, -0.15) is 0 Å². The zero-order valence-corrected chi connectivity index (χ0v) is 14.8. The standard InChI is InChI=1S/C20H26N2O3/c1-20(12-15-4-2-3-5-17(15)18(23)25-20)19(24)21-16-8-10-22(11-9-16)13-14-6-7-14/h2-5,14,16H,6-13H2,1H3,(H,21,24). The number of esters is 1. The number of nitrogens with zero attached hydrogens (tertiary/aromatic N) is 1. The molecule has 5 nitrogen and oxygen atoms in total. The summed E-state index contributed by atoms with van der Waals surface area (Å²) in [4.78, 5) is 27.6. The molecule has 2 heterocycles. The van der Waals surface area contributed by atoms with Gasteiger partial charge in [-0.15, -0.1) is 0 Å². The molecule has 0 spiro atoms. The van der Waals surface area contributed by atoms with Crippen LogP contribution in [0.2, 0.25) is 0 Å². The van der Waals surface area contributed by atoms with Gasteiger partial charge in [0.05, 0.1) is 5.56 Å². The first-order valence-electron chi connectivity index (χ1n) is 9.38. The third-order valence-electron chi connectivity index (χ3n) is 5.70. The molecule has 0 aromatic heterocycles. The van der Waals surface area contributed by atoms with Crippen LogP contribution in [0.1, 0.15) is 48.5 Å². The molecular formula is C20H26N2O3. The van der Waals surface area contributed by atoms with E-state index in [4.69, 9.17) is 4.74 Å². The van der Waals surface area contributed by atoms with E-state index in [1.54, 1.807) is 13.0 Å². The van der Waals surface area contributed by atoms with Crippen LogP contribution in [0.5, 0.6) is 0 Å². The number of hydrogen-bond acceptors (Lipinski definition) is 4. The molecule has 1 aromatic carbocycles. The Labute approximate surface area is 148 Å². The smallest absolute Gasteiger partial charge is 0.339 e. The van der Waals surface area contributed by atoms with Crippen molar-refractivity contribution in [3.8, 4) is 0 Å². The number of fused-ring (bicyclic) bond motifs is 1. The van der Waals surface area contributed by atoms with Gasteiger partial charge in [-0.05, 0) is 50.2 Å². The summed E-state index contributed by atoms with van der Waals surface area (Å²) in [5.41, 5.74) is 0.341. The molecule has 25 heavy (non-hydrogen) atoms. The summed E-state index contributed by atoms with van der Waals surface area (Å²) in [7, 11) is 0. The van der Waals surface area contributed by atoms with Crippen molar-refractivity contribution in [1.29, 1.82) is 0 Å². The van der Waals surface area contributed by atoms with Gasteiger partial charge < -0.3 is 15.0 Å². The molecule has 3 aliphatic rings. The van der Waals surface area contributed by atoms with Crippen LogP contribution in [0.4, 0.5) is 0 Å². The first kappa shape index (κ1) is 16.6. The summed E-state index contributed by atoms with van der Waals surface area (Å²) in [5, 5.41) is 3.13. The maximum absolute atomic E-state index is 12.8. The van der Waals surface area contributed by atoms with Gasteiger partial charge in [0.2, 0.25) is 0 Å². The molecule has 0 bridgehead atoms. The maximum atomic E-state index is 12.8. The van der Waals surface area contributed by atoms with Crippen molar-refractivity contribution < 1.29 is 14.3 Å². The Bertz CT molecular complexity index is 677. The normalized spacial score (nSPS) is 27.5. The van der Waals surface area contributed by atoms with Gasteiger partial charge in [0, 0.05) is 32.1 Å². The molecule has 2 aliphatic heterocycles. The largest absolute Gasteiger partial charge is 0.445 e. The number of carbonyl (C=O) groups is 2. The van der Waals surface area contributed by atoms with Crippen LogP contribution >= 0.6 is 0 Å². The van der Waals surface area contributed by atoms with Crippen LogP contribution in [0.25, 0.3) is 0 Å². The fraction of sp³-hybridized carbons (Fsp3) is 0.600. The van der Waals surface area contributed by atoms with Crippen molar-refractivity contribution in [3.05, 3.63) is 35.4 Å². The fourth-order valence-electron chi connectivity index (χ4n) is 3.92. The summed E-state index contributed by atoms with van der Waals surface area (Å²) in [6.45, 7) is 5.02. The highest BCUT2D eigenvalue weighted by Crippen LogP contribution is 2.31. The number of piperidine rings is 1. The summed E-state index contributed by atoms with van der Waals surface area (Å²) in [6.07, 6.45) is 5.13. The molecule has 1 saturated carbocycles. The van der Waals surface area contributed by atoms with Crippen molar-refractivity contribution >= 4 is 11.9 Å². The quantitative estimate of drug-likeness (QED) is 0.852. The highest BCUT2D eigenvalue weighted by Gasteiger charge is 2.43. The Morgan fingerprint density at radius 2 is 1.96 bits per heavy atom. The van der Waals surface area contributed by atoms with Crippen LogP contribution < -0.4 is 5.32 Å². The average molecular weight is 342 g/mol. The van der Waals surface area contributed by atoms with Crippen LogP contribution in [0, 0.1) is 5.92 Å². The third-order valence-corrected chi connectivity index (χ3v) is 5.70. The molecule has 1 amide bonds. The van der Waals surface area contributed by atoms with Crippen molar-refractivity contribution in [3.63, 3.8) is 0 Å². The Kier molecular flexibility index (Phi) is 4.28. The number of ether oxygens (including phenoxy) is 1. The molecule has 134 valence electrons. The topological polar surface area (TPSA) is 58.6 Å². The number of cyclic esters (lactones) is 1. The van der Waals surface area contributed by atoms with Crippen molar-refractivity contribution in [2.75, 3.05) is 19.6 Å². The second kappa shape index (κ2) is 6.45. The van der Waals surface area contributed by atoms with Crippen LogP contribution in [0.3, 0.4) is 0 Å². The predicted molar refractivity (Wildman–Crippen MR) is 94.3 cm³/mol. The van der Waals surface area contributed by atoms with Crippen LogP contribution in [0.15, 0.2) is 24.3 Å². The summed E-state index contributed by atoms with van der Waals surface area (Å²) in [6, 6.07) is 7.54. The van der Waals surface area contributed by atoms with Crippen LogP contribution in [-0.4, -0.2) is 48.1 Å². The highest BCUT2D eigenvalue weighted by atomic mass is 16.6. The monoisotopic (exact) mass is 342 g/mol. The lowest BCUT2D eigenvalue weighted by molar-refractivity contribution is -0.140. The van der Waals surface area contributed by atoms with E-state index in [9.17, 15) is 9.59 Å². The summed E-state index contributed by atoms with van der Waals surface area (Å²) in [5.74, 6) is 0.335.